The number of aromatic nitrogens is 1. The fourth-order valence-corrected chi connectivity index (χ4v) is 3.15. The fourth-order valence-electron chi connectivity index (χ4n) is 2.61. The molecule has 13 heteroatoms. The van der Waals surface area contributed by atoms with Gasteiger partial charge in [0.25, 0.3) is 5.91 Å². The van der Waals surface area contributed by atoms with E-state index in [9.17, 15) is 19.0 Å². The number of oxime groups is 1. The smallest absolute Gasteiger partial charge is 0.534 e. The van der Waals surface area contributed by atoms with E-state index >= 15 is 0 Å². The van der Waals surface area contributed by atoms with Crippen LogP contribution in [0, 0.1) is 5.82 Å². The van der Waals surface area contributed by atoms with Crippen molar-refractivity contribution in [3.05, 3.63) is 40.2 Å². The van der Waals surface area contributed by atoms with Crippen LogP contribution in [0.5, 0.6) is 5.75 Å². The lowest BCUT2D eigenvalue weighted by Crippen LogP contribution is -2.54. The first-order valence-corrected chi connectivity index (χ1v) is 8.33. The number of fused-ring (bicyclic) bond motifs is 1. The molecule has 0 saturated carbocycles. The van der Waals surface area contributed by atoms with Gasteiger partial charge >= 0.3 is 13.1 Å². The second-order valence-corrected chi connectivity index (χ2v) is 6.42. The van der Waals surface area contributed by atoms with E-state index < -0.39 is 42.0 Å². The lowest BCUT2D eigenvalue weighted by Gasteiger charge is -2.28. The molecule has 2 heterocycles. The van der Waals surface area contributed by atoms with Crippen LogP contribution in [0.3, 0.4) is 0 Å². The third-order valence-electron chi connectivity index (χ3n) is 3.82. The molecule has 27 heavy (non-hydrogen) atoms. The van der Waals surface area contributed by atoms with Crippen molar-refractivity contribution in [1.82, 2.24) is 10.3 Å². The quantitative estimate of drug-likeness (QED) is 0.207. The molecule has 0 aliphatic carbocycles. The number of thiazole rings is 1. The molecule has 1 amide bonds. The lowest BCUT2D eigenvalue weighted by atomic mass is 9.72. The maximum absolute atomic E-state index is 13.7. The first-order chi connectivity index (χ1) is 12.8. The second kappa shape index (κ2) is 7.21. The van der Waals surface area contributed by atoms with Gasteiger partial charge in [0.1, 0.15) is 22.8 Å². The van der Waals surface area contributed by atoms with Crippen molar-refractivity contribution in [2.24, 2.45) is 5.16 Å². The number of aromatic carboxylic acids is 1. The minimum Gasteiger partial charge on any atom is -0.534 e. The number of hydrogen-bond acceptors (Lipinski definition) is 9. The van der Waals surface area contributed by atoms with Crippen LogP contribution in [0.25, 0.3) is 0 Å². The van der Waals surface area contributed by atoms with Crippen LogP contribution in [0.1, 0.15) is 21.6 Å². The summed E-state index contributed by atoms with van der Waals surface area (Å²) < 4.78 is 18.9. The van der Waals surface area contributed by atoms with Crippen molar-refractivity contribution in [2.75, 3.05) is 5.73 Å². The van der Waals surface area contributed by atoms with E-state index in [0.717, 1.165) is 17.4 Å². The summed E-state index contributed by atoms with van der Waals surface area (Å²) in [6, 6.07) is 2.26. The number of hydrogen-bond donors (Lipinski definition) is 5. The van der Waals surface area contributed by atoms with E-state index in [0.29, 0.717) is 0 Å². The van der Waals surface area contributed by atoms with Gasteiger partial charge in [-0.3, -0.25) is 4.79 Å². The van der Waals surface area contributed by atoms with Crippen LogP contribution < -0.4 is 15.7 Å². The highest BCUT2D eigenvalue weighted by molar-refractivity contribution is 7.13. The van der Waals surface area contributed by atoms with Crippen molar-refractivity contribution < 1.29 is 34.0 Å². The molecule has 1 aliphatic rings. The summed E-state index contributed by atoms with van der Waals surface area (Å²) >= 11 is 1.04. The highest BCUT2D eigenvalue weighted by Crippen LogP contribution is 2.32. The van der Waals surface area contributed by atoms with Crippen molar-refractivity contribution in [2.45, 2.75) is 12.4 Å². The molecule has 6 N–H and O–H groups in total. The number of amides is 1. The molecule has 0 saturated heterocycles. The average Bonchev–Trinajstić information content (AvgIpc) is 3.02. The molecule has 2 aromatic rings. The molecule has 0 unspecified atom stereocenters. The number of carboxylic acids is 1. The number of rotatable bonds is 4. The van der Waals surface area contributed by atoms with Gasteiger partial charge in [0.15, 0.2) is 10.8 Å². The highest BCUT2D eigenvalue weighted by Gasteiger charge is 2.39. The summed E-state index contributed by atoms with van der Waals surface area (Å²) in [5, 5.41) is 35.2. The number of halogens is 1. The number of carbonyl (C=O) groups is 2. The SMILES string of the molecule is Nc1nc(/C(=N/O)C(=O)N[C@H]2Cc3ccc(F)c(C(=O)O)c3OB2O)cs1. The Kier molecular flexibility index (Phi) is 4.96. The van der Waals surface area contributed by atoms with Crippen molar-refractivity contribution in [1.29, 1.82) is 0 Å². The fraction of sp³-hybridized carbons (Fsp3) is 0.143. The van der Waals surface area contributed by atoms with Gasteiger partial charge in [-0.1, -0.05) is 11.2 Å². The Hall–Kier alpha value is -3.19. The normalized spacial score (nSPS) is 16.4. The molecule has 0 fully saturated rings. The van der Waals surface area contributed by atoms with Crippen LogP contribution in [-0.4, -0.2) is 51.0 Å². The molecule has 3 rings (SSSR count). The molecular formula is C14H12BFN4O6S. The third-order valence-corrected chi connectivity index (χ3v) is 4.49. The standard InChI is InChI=1S/C14H12BFN4O6S/c16-6-2-1-5-3-8(15(24)26-11(5)9(6)13(22)23)19-12(21)10(20-25)7-4-27-14(17)18-7/h1-2,4,8,24-25H,3H2,(H2,17,18)(H,19,21)(H,22,23)/b20-10-/t8-/m0/s1. The number of carbonyl (C=O) groups excluding carboxylic acids is 1. The summed E-state index contributed by atoms with van der Waals surface area (Å²) in [6.45, 7) is 0. The molecular weight excluding hydrogens is 382 g/mol. The van der Waals surface area contributed by atoms with Gasteiger partial charge in [-0.15, -0.1) is 11.3 Å². The molecule has 1 aromatic heterocycles. The van der Waals surface area contributed by atoms with Gasteiger partial charge in [0.2, 0.25) is 0 Å². The van der Waals surface area contributed by atoms with Gasteiger partial charge in [0.05, 0.1) is 5.94 Å². The van der Waals surface area contributed by atoms with E-state index in [-0.39, 0.29) is 28.6 Å². The number of nitrogens with one attached hydrogen (secondary N) is 1. The summed E-state index contributed by atoms with van der Waals surface area (Å²) in [6.07, 6.45) is -0.0410. The van der Waals surface area contributed by atoms with Gasteiger partial charge < -0.3 is 31.0 Å². The Bertz CT molecular complexity index is 952. The van der Waals surface area contributed by atoms with E-state index in [1.807, 2.05) is 0 Å². The predicted octanol–water partition coefficient (Wildman–Crippen LogP) is -0.119. The van der Waals surface area contributed by atoms with E-state index in [2.05, 4.69) is 15.5 Å². The highest BCUT2D eigenvalue weighted by atomic mass is 32.1. The molecule has 0 radical (unpaired) electrons. The molecule has 140 valence electrons. The summed E-state index contributed by atoms with van der Waals surface area (Å²) in [4.78, 5) is 27.4. The zero-order valence-electron chi connectivity index (χ0n) is 13.4. The van der Waals surface area contributed by atoms with E-state index in [4.69, 9.17) is 20.7 Å². The zero-order valence-corrected chi connectivity index (χ0v) is 14.2. The van der Waals surface area contributed by atoms with Gasteiger partial charge in [-0.25, -0.2) is 14.2 Å². The molecule has 1 atom stereocenters. The maximum Gasteiger partial charge on any atom is 0.547 e. The lowest BCUT2D eigenvalue weighted by molar-refractivity contribution is -0.115. The van der Waals surface area contributed by atoms with Crippen LogP contribution >= 0.6 is 11.3 Å². The summed E-state index contributed by atoms with van der Waals surface area (Å²) in [7, 11) is -1.65. The number of anilines is 1. The van der Waals surface area contributed by atoms with Crippen molar-refractivity contribution >= 4 is 41.2 Å². The Morgan fingerprint density at radius 1 is 1.48 bits per heavy atom. The molecule has 1 aliphatic heterocycles. The minimum absolute atomic E-state index is 0.0410. The number of nitrogen functional groups attached to an aromatic ring is 1. The van der Waals surface area contributed by atoms with Crippen LogP contribution in [0.15, 0.2) is 22.7 Å². The monoisotopic (exact) mass is 394 g/mol. The van der Waals surface area contributed by atoms with Crippen LogP contribution in [-0.2, 0) is 11.2 Å². The molecule has 0 bridgehead atoms. The maximum atomic E-state index is 13.7. The summed E-state index contributed by atoms with van der Waals surface area (Å²) in [5.74, 6) is -4.73. The number of nitrogens with zero attached hydrogens (tertiary/aromatic N) is 2. The molecule has 10 nitrogen and oxygen atoms in total. The van der Waals surface area contributed by atoms with Crippen LogP contribution in [0.4, 0.5) is 9.52 Å². The minimum atomic E-state index is -1.65. The number of benzene rings is 1. The number of carboxylic acid groups (broad SMARTS) is 1. The first kappa shape index (κ1) is 18.6. The van der Waals surface area contributed by atoms with E-state index in [1.54, 1.807) is 0 Å². The third kappa shape index (κ3) is 3.54. The average molecular weight is 394 g/mol. The Labute approximate surface area is 155 Å². The van der Waals surface area contributed by atoms with Crippen LogP contribution in [0.2, 0.25) is 0 Å². The first-order valence-electron chi connectivity index (χ1n) is 7.45. The Morgan fingerprint density at radius 3 is 2.81 bits per heavy atom. The summed E-state index contributed by atoms with van der Waals surface area (Å²) in [5.41, 5.74) is 4.68. The van der Waals surface area contributed by atoms with Crippen molar-refractivity contribution in [3.8, 4) is 5.75 Å². The zero-order chi connectivity index (χ0) is 19.7. The van der Waals surface area contributed by atoms with Crippen molar-refractivity contribution in [3.63, 3.8) is 0 Å². The predicted molar refractivity (Wildman–Crippen MR) is 92.4 cm³/mol. The topological polar surface area (TPSA) is 167 Å². The molecule has 0 spiro atoms. The van der Waals surface area contributed by atoms with E-state index in [1.165, 1.54) is 11.4 Å². The largest absolute Gasteiger partial charge is 0.547 e. The van der Waals surface area contributed by atoms with Gasteiger partial charge in [-0.2, -0.15) is 0 Å². The Balaban J connectivity index is 1.83. The van der Waals surface area contributed by atoms with Gasteiger partial charge in [0, 0.05) is 5.38 Å². The Morgan fingerprint density at radius 2 is 2.22 bits per heavy atom. The van der Waals surface area contributed by atoms with Gasteiger partial charge in [-0.05, 0) is 18.1 Å². The molecule has 1 aromatic carbocycles. The number of nitrogens with two attached hydrogens (primary N) is 1. The second-order valence-electron chi connectivity index (χ2n) is 5.53.